The maximum Gasteiger partial charge on any atom is 0.338 e. The van der Waals surface area contributed by atoms with Gasteiger partial charge in [-0.3, -0.25) is 4.79 Å². The van der Waals surface area contributed by atoms with Crippen LogP contribution in [-0.4, -0.2) is 62.7 Å². The molecule has 2 heterocycles. The number of fused-ring (bicyclic) bond motifs is 1. The first-order valence-corrected chi connectivity index (χ1v) is 10.6. The highest BCUT2D eigenvalue weighted by molar-refractivity contribution is 7.91. The molecule has 0 saturated carbocycles. The Morgan fingerprint density at radius 2 is 2.00 bits per heavy atom. The Hall–Kier alpha value is -2.29. The average Bonchev–Trinajstić information content (AvgIpc) is 3.22. The normalized spacial score (nSPS) is 19.9. The van der Waals surface area contributed by atoms with E-state index in [-0.39, 0.29) is 41.7 Å². The molecule has 3 rings (SSSR count). The van der Waals surface area contributed by atoms with Gasteiger partial charge in [0, 0.05) is 12.6 Å². The molecule has 0 aromatic heterocycles. The van der Waals surface area contributed by atoms with Crippen molar-refractivity contribution in [3.05, 3.63) is 23.8 Å². The van der Waals surface area contributed by atoms with E-state index in [9.17, 15) is 18.0 Å². The number of sulfone groups is 1. The number of esters is 1. The van der Waals surface area contributed by atoms with Crippen molar-refractivity contribution in [2.75, 3.05) is 31.5 Å². The van der Waals surface area contributed by atoms with E-state index in [1.54, 1.807) is 6.07 Å². The predicted molar refractivity (Wildman–Crippen MR) is 96.5 cm³/mol. The van der Waals surface area contributed by atoms with Crippen molar-refractivity contribution < 1.29 is 32.2 Å². The van der Waals surface area contributed by atoms with Crippen LogP contribution in [0, 0.1) is 5.92 Å². The molecular formula is C18H23NO7S. The van der Waals surface area contributed by atoms with Gasteiger partial charge in [0.05, 0.1) is 17.1 Å². The second kappa shape index (κ2) is 7.75. The van der Waals surface area contributed by atoms with Crippen molar-refractivity contribution in [1.29, 1.82) is 0 Å². The number of benzene rings is 1. The van der Waals surface area contributed by atoms with E-state index < -0.39 is 22.4 Å². The molecular weight excluding hydrogens is 374 g/mol. The van der Waals surface area contributed by atoms with Crippen molar-refractivity contribution in [3.63, 3.8) is 0 Å². The highest BCUT2D eigenvalue weighted by Gasteiger charge is 2.35. The van der Waals surface area contributed by atoms with Gasteiger partial charge in [-0.05, 0) is 30.5 Å². The number of ether oxygens (including phenoxy) is 3. The van der Waals surface area contributed by atoms with E-state index >= 15 is 0 Å². The van der Waals surface area contributed by atoms with E-state index in [1.807, 2.05) is 13.8 Å². The van der Waals surface area contributed by atoms with E-state index in [0.717, 1.165) is 0 Å². The monoisotopic (exact) mass is 397 g/mol. The van der Waals surface area contributed by atoms with Crippen molar-refractivity contribution in [3.8, 4) is 11.5 Å². The molecule has 1 unspecified atom stereocenters. The van der Waals surface area contributed by atoms with Crippen LogP contribution in [0.25, 0.3) is 0 Å². The molecule has 27 heavy (non-hydrogen) atoms. The second-order valence-electron chi connectivity index (χ2n) is 7.14. The first-order chi connectivity index (χ1) is 12.7. The molecule has 8 nitrogen and oxygen atoms in total. The van der Waals surface area contributed by atoms with Crippen LogP contribution in [0.5, 0.6) is 11.5 Å². The Bertz CT molecular complexity index is 834. The van der Waals surface area contributed by atoms with Gasteiger partial charge in [-0.25, -0.2) is 13.2 Å². The van der Waals surface area contributed by atoms with Crippen LogP contribution >= 0.6 is 0 Å². The summed E-state index contributed by atoms with van der Waals surface area (Å²) >= 11 is 0. The van der Waals surface area contributed by atoms with E-state index in [0.29, 0.717) is 24.5 Å². The summed E-state index contributed by atoms with van der Waals surface area (Å²) in [6.45, 7) is 3.97. The molecule has 1 aromatic carbocycles. The van der Waals surface area contributed by atoms with Crippen molar-refractivity contribution >= 4 is 21.7 Å². The number of hydrogen-bond acceptors (Lipinski definition) is 7. The summed E-state index contributed by atoms with van der Waals surface area (Å²) in [6.07, 6.45) is 0.414. The fraction of sp³-hybridized carbons (Fsp3) is 0.556. The lowest BCUT2D eigenvalue weighted by Crippen LogP contribution is -2.45. The SMILES string of the molecule is CC(C)CN(C(=O)COC(=O)c1ccc2c(c1)OCO2)C1CCS(=O)(=O)C1. The summed E-state index contributed by atoms with van der Waals surface area (Å²) in [5.74, 6) is 0.173. The number of amides is 1. The molecule has 148 valence electrons. The van der Waals surface area contributed by atoms with Gasteiger partial charge in [-0.1, -0.05) is 13.8 Å². The summed E-state index contributed by atoms with van der Waals surface area (Å²) in [5, 5.41) is 0. The molecule has 9 heteroatoms. The van der Waals surface area contributed by atoms with Gasteiger partial charge in [0.15, 0.2) is 27.9 Å². The lowest BCUT2D eigenvalue weighted by Gasteiger charge is -2.29. The topological polar surface area (TPSA) is 99.2 Å². The summed E-state index contributed by atoms with van der Waals surface area (Å²) < 4.78 is 39.1. The highest BCUT2D eigenvalue weighted by Crippen LogP contribution is 2.32. The Balaban J connectivity index is 1.62. The standard InChI is InChI=1S/C18H23NO7S/c1-12(2)8-19(14-5-6-27(22,23)10-14)17(20)9-24-18(21)13-3-4-15-16(7-13)26-11-25-15/h3-4,7,12,14H,5-6,8-11H2,1-2H3. The molecule has 0 N–H and O–H groups in total. The van der Waals surface area contributed by atoms with Crippen LogP contribution in [0.3, 0.4) is 0 Å². The van der Waals surface area contributed by atoms with Gasteiger partial charge in [-0.15, -0.1) is 0 Å². The molecule has 0 spiro atoms. The highest BCUT2D eigenvalue weighted by atomic mass is 32.2. The van der Waals surface area contributed by atoms with Crippen LogP contribution in [0.1, 0.15) is 30.6 Å². The zero-order valence-corrected chi connectivity index (χ0v) is 16.2. The van der Waals surface area contributed by atoms with Crippen LogP contribution in [-0.2, 0) is 19.4 Å². The molecule has 1 aromatic rings. The maximum absolute atomic E-state index is 12.6. The van der Waals surface area contributed by atoms with Crippen LogP contribution in [0.4, 0.5) is 0 Å². The lowest BCUT2D eigenvalue weighted by molar-refractivity contribution is -0.137. The molecule has 1 atom stereocenters. The van der Waals surface area contributed by atoms with Gasteiger partial charge in [0.25, 0.3) is 5.91 Å². The fourth-order valence-electron chi connectivity index (χ4n) is 3.19. The van der Waals surface area contributed by atoms with Crippen LogP contribution in [0.2, 0.25) is 0 Å². The summed E-state index contributed by atoms with van der Waals surface area (Å²) in [4.78, 5) is 26.4. The molecule has 1 saturated heterocycles. The molecule has 1 fully saturated rings. The maximum atomic E-state index is 12.6. The third-order valence-corrected chi connectivity index (χ3v) is 6.22. The van der Waals surface area contributed by atoms with Gasteiger partial charge in [0.1, 0.15) is 0 Å². The minimum absolute atomic E-state index is 0.0401. The largest absolute Gasteiger partial charge is 0.454 e. The molecule has 0 bridgehead atoms. The van der Waals surface area contributed by atoms with Crippen LogP contribution in [0.15, 0.2) is 18.2 Å². The van der Waals surface area contributed by atoms with Crippen molar-refractivity contribution in [1.82, 2.24) is 4.90 Å². The molecule has 2 aliphatic rings. The third kappa shape index (κ3) is 4.71. The van der Waals surface area contributed by atoms with Crippen molar-refractivity contribution in [2.24, 2.45) is 5.92 Å². The summed E-state index contributed by atoms with van der Waals surface area (Å²) in [7, 11) is -3.12. The Morgan fingerprint density at radius 1 is 1.26 bits per heavy atom. The van der Waals surface area contributed by atoms with Crippen LogP contribution < -0.4 is 9.47 Å². The number of nitrogens with zero attached hydrogens (tertiary/aromatic N) is 1. The Kier molecular flexibility index (Phi) is 5.59. The quantitative estimate of drug-likeness (QED) is 0.666. The Morgan fingerprint density at radius 3 is 2.67 bits per heavy atom. The number of rotatable bonds is 6. The van der Waals surface area contributed by atoms with Gasteiger partial charge in [-0.2, -0.15) is 0 Å². The molecule has 2 aliphatic heterocycles. The fourth-order valence-corrected chi connectivity index (χ4v) is 4.92. The second-order valence-corrected chi connectivity index (χ2v) is 9.37. The minimum Gasteiger partial charge on any atom is -0.454 e. The zero-order valence-electron chi connectivity index (χ0n) is 15.3. The van der Waals surface area contributed by atoms with E-state index in [1.165, 1.54) is 17.0 Å². The minimum atomic E-state index is -3.12. The number of carbonyl (C=O) groups is 2. The van der Waals surface area contributed by atoms with E-state index in [2.05, 4.69) is 0 Å². The van der Waals surface area contributed by atoms with E-state index in [4.69, 9.17) is 14.2 Å². The molecule has 0 aliphatic carbocycles. The Labute approximate surface area is 158 Å². The lowest BCUT2D eigenvalue weighted by atomic mass is 10.1. The smallest absolute Gasteiger partial charge is 0.338 e. The summed E-state index contributed by atoms with van der Waals surface area (Å²) in [6, 6.07) is 4.28. The first-order valence-electron chi connectivity index (χ1n) is 8.82. The average molecular weight is 397 g/mol. The van der Waals surface area contributed by atoms with Gasteiger partial charge < -0.3 is 19.1 Å². The summed E-state index contributed by atoms with van der Waals surface area (Å²) in [5.41, 5.74) is 0.255. The molecule has 0 radical (unpaired) electrons. The molecule has 1 amide bonds. The number of hydrogen-bond donors (Lipinski definition) is 0. The zero-order chi connectivity index (χ0) is 19.6. The predicted octanol–water partition coefficient (Wildman–Crippen LogP) is 1.24. The van der Waals surface area contributed by atoms with Gasteiger partial charge in [0.2, 0.25) is 6.79 Å². The van der Waals surface area contributed by atoms with Gasteiger partial charge >= 0.3 is 5.97 Å². The third-order valence-electron chi connectivity index (χ3n) is 4.47. The number of carbonyl (C=O) groups excluding carboxylic acids is 2. The first kappa shape index (κ1) is 19.5. The van der Waals surface area contributed by atoms with Crippen molar-refractivity contribution in [2.45, 2.75) is 26.3 Å².